The van der Waals surface area contributed by atoms with E-state index in [0.717, 1.165) is 61.0 Å². The number of likely N-dealkylation sites (tertiary alicyclic amines) is 1. The molecular formula is C21H32ClN3O3. The molecule has 2 fully saturated rings. The number of hydrogen-bond donors (Lipinski definition) is 1. The Balaban J connectivity index is 1.53. The highest BCUT2D eigenvalue weighted by Gasteiger charge is 2.35. The number of benzene rings is 1. The van der Waals surface area contributed by atoms with Crippen LogP contribution in [0.3, 0.4) is 0 Å². The third-order valence-electron chi connectivity index (χ3n) is 5.77. The van der Waals surface area contributed by atoms with Crippen molar-refractivity contribution in [3.63, 3.8) is 0 Å². The molecule has 156 valence electrons. The van der Waals surface area contributed by atoms with Crippen LogP contribution >= 0.6 is 11.6 Å². The number of halogens is 1. The molecule has 3 rings (SSSR count). The summed E-state index contributed by atoms with van der Waals surface area (Å²) in [5, 5.41) is 11.8. The van der Waals surface area contributed by atoms with Gasteiger partial charge >= 0.3 is 0 Å². The Kier molecular flexibility index (Phi) is 6.86. The van der Waals surface area contributed by atoms with Crippen molar-refractivity contribution in [2.45, 2.75) is 32.3 Å². The summed E-state index contributed by atoms with van der Waals surface area (Å²) < 4.78 is 5.91. The van der Waals surface area contributed by atoms with Crippen LogP contribution in [0.4, 0.5) is 0 Å². The van der Waals surface area contributed by atoms with Crippen molar-refractivity contribution < 1.29 is 14.6 Å². The minimum atomic E-state index is -0.942. The van der Waals surface area contributed by atoms with E-state index in [4.69, 9.17) is 16.3 Å². The van der Waals surface area contributed by atoms with Gasteiger partial charge in [0.2, 0.25) is 5.91 Å². The molecule has 1 unspecified atom stereocenters. The normalized spacial score (nSPS) is 24.4. The van der Waals surface area contributed by atoms with Gasteiger partial charge < -0.3 is 19.6 Å². The van der Waals surface area contributed by atoms with Gasteiger partial charge in [-0.1, -0.05) is 11.6 Å². The number of ether oxygens (including phenoxy) is 1. The van der Waals surface area contributed by atoms with E-state index in [-0.39, 0.29) is 12.5 Å². The average Bonchev–Trinajstić information content (AvgIpc) is 2.65. The average molecular weight is 410 g/mol. The molecule has 0 aliphatic carbocycles. The number of aliphatic hydroxyl groups is 1. The number of amides is 1. The van der Waals surface area contributed by atoms with Crippen molar-refractivity contribution in [2.24, 2.45) is 0 Å². The van der Waals surface area contributed by atoms with Crippen LogP contribution in [0, 0.1) is 13.8 Å². The number of β-amino-alcohol motifs (C(OH)–C–C–N with tert-alkyl or cyclic N) is 1. The van der Waals surface area contributed by atoms with E-state index >= 15 is 0 Å². The lowest BCUT2D eigenvalue weighted by atomic mass is 9.93. The molecule has 2 aliphatic heterocycles. The number of aryl methyl sites for hydroxylation is 2. The summed E-state index contributed by atoms with van der Waals surface area (Å²) in [7, 11) is 2.08. The Bertz CT molecular complexity index is 683. The van der Waals surface area contributed by atoms with E-state index in [1.54, 1.807) is 0 Å². The summed E-state index contributed by atoms with van der Waals surface area (Å²) >= 11 is 6.22. The molecular weight excluding hydrogens is 378 g/mol. The molecule has 0 bridgehead atoms. The third kappa shape index (κ3) is 5.38. The van der Waals surface area contributed by atoms with Crippen molar-refractivity contribution in [2.75, 3.05) is 59.5 Å². The Hall–Kier alpha value is -1.34. The summed E-state index contributed by atoms with van der Waals surface area (Å²) in [5.74, 6) is 0.876. The lowest BCUT2D eigenvalue weighted by molar-refractivity contribution is -0.136. The van der Waals surface area contributed by atoms with Gasteiger partial charge in [0.1, 0.15) is 18.0 Å². The SMILES string of the molecule is Cc1cc(OCC2(O)CCCN(CC(=O)N3CCN(C)CC3)C2)cc(C)c1Cl. The zero-order valence-corrected chi connectivity index (χ0v) is 18.0. The largest absolute Gasteiger partial charge is 0.491 e. The lowest BCUT2D eigenvalue weighted by Crippen LogP contribution is -2.55. The molecule has 28 heavy (non-hydrogen) atoms. The highest BCUT2D eigenvalue weighted by atomic mass is 35.5. The molecule has 2 saturated heterocycles. The summed E-state index contributed by atoms with van der Waals surface area (Å²) in [6.07, 6.45) is 1.53. The van der Waals surface area contributed by atoms with Gasteiger partial charge in [-0.3, -0.25) is 9.69 Å². The van der Waals surface area contributed by atoms with Crippen LogP contribution in [-0.4, -0.2) is 90.8 Å². The molecule has 0 aromatic heterocycles. The Labute approximate surface area is 173 Å². The number of piperazine rings is 1. The van der Waals surface area contributed by atoms with Gasteiger partial charge in [-0.25, -0.2) is 0 Å². The second kappa shape index (κ2) is 8.99. The van der Waals surface area contributed by atoms with Crippen molar-refractivity contribution in [1.29, 1.82) is 0 Å². The Morgan fingerprint density at radius 1 is 1.18 bits per heavy atom. The molecule has 1 atom stereocenters. The van der Waals surface area contributed by atoms with Crippen LogP contribution < -0.4 is 4.74 Å². The maximum absolute atomic E-state index is 12.6. The summed E-state index contributed by atoms with van der Waals surface area (Å²) in [5.41, 5.74) is 0.987. The first-order valence-electron chi connectivity index (χ1n) is 10.1. The van der Waals surface area contributed by atoms with Gasteiger partial charge in [0, 0.05) is 37.7 Å². The summed E-state index contributed by atoms with van der Waals surface area (Å²) in [6.45, 7) is 9.17. The predicted octanol–water partition coefficient (Wildman–Crippen LogP) is 1.94. The Morgan fingerprint density at radius 2 is 1.82 bits per heavy atom. The zero-order chi connectivity index (χ0) is 20.3. The van der Waals surface area contributed by atoms with Crippen molar-refractivity contribution in [3.05, 3.63) is 28.3 Å². The van der Waals surface area contributed by atoms with Gasteiger partial charge in [0.25, 0.3) is 0 Å². The third-order valence-corrected chi connectivity index (χ3v) is 6.36. The highest BCUT2D eigenvalue weighted by Crippen LogP contribution is 2.28. The number of carbonyl (C=O) groups excluding carboxylic acids is 1. The molecule has 1 N–H and O–H groups in total. The first-order chi connectivity index (χ1) is 13.3. The predicted molar refractivity (Wildman–Crippen MR) is 111 cm³/mol. The number of nitrogens with zero attached hydrogens (tertiary/aromatic N) is 3. The number of carbonyl (C=O) groups is 1. The quantitative estimate of drug-likeness (QED) is 0.805. The lowest BCUT2D eigenvalue weighted by Gasteiger charge is -2.40. The molecule has 0 radical (unpaired) electrons. The highest BCUT2D eigenvalue weighted by molar-refractivity contribution is 6.32. The number of hydrogen-bond acceptors (Lipinski definition) is 5. The van der Waals surface area contributed by atoms with Crippen molar-refractivity contribution >= 4 is 17.5 Å². The maximum Gasteiger partial charge on any atom is 0.236 e. The fourth-order valence-corrected chi connectivity index (χ4v) is 4.12. The van der Waals surface area contributed by atoms with Crippen LogP contribution in [0.5, 0.6) is 5.75 Å². The van der Waals surface area contributed by atoms with Crippen molar-refractivity contribution in [1.82, 2.24) is 14.7 Å². The number of rotatable bonds is 5. The first-order valence-corrected chi connectivity index (χ1v) is 10.4. The molecule has 0 saturated carbocycles. The van der Waals surface area contributed by atoms with Crippen molar-refractivity contribution in [3.8, 4) is 5.75 Å². The van der Waals surface area contributed by atoms with E-state index in [1.165, 1.54) is 0 Å². The van der Waals surface area contributed by atoms with E-state index in [9.17, 15) is 9.90 Å². The smallest absolute Gasteiger partial charge is 0.236 e. The topological polar surface area (TPSA) is 56.3 Å². The van der Waals surface area contributed by atoms with Crippen LogP contribution in [0.15, 0.2) is 12.1 Å². The minimum Gasteiger partial charge on any atom is -0.491 e. The van der Waals surface area contributed by atoms with E-state index in [1.807, 2.05) is 30.9 Å². The van der Waals surface area contributed by atoms with E-state index < -0.39 is 5.60 Å². The maximum atomic E-state index is 12.6. The van der Waals surface area contributed by atoms with Gasteiger partial charge in [-0.15, -0.1) is 0 Å². The van der Waals surface area contributed by atoms with Crippen LogP contribution in [0.1, 0.15) is 24.0 Å². The summed E-state index contributed by atoms with van der Waals surface area (Å²) in [4.78, 5) is 18.8. The molecule has 7 heteroatoms. The number of piperidine rings is 1. The van der Waals surface area contributed by atoms with E-state index in [0.29, 0.717) is 19.5 Å². The zero-order valence-electron chi connectivity index (χ0n) is 17.2. The molecule has 6 nitrogen and oxygen atoms in total. The Morgan fingerprint density at radius 3 is 2.46 bits per heavy atom. The monoisotopic (exact) mass is 409 g/mol. The number of likely N-dealkylation sites (N-methyl/N-ethyl adjacent to an activating group) is 1. The van der Waals surface area contributed by atoms with Gasteiger partial charge in [-0.2, -0.15) is 0 Å². The van der Waals surface area contributed by atoms with Gasteiger partial charge in [0.05, 0.1) is 6.54 Å². The first kappa shape index (κ1) is 21.4. The van der Waals surface area contributed by atoms with E-state index in [2.05, 4.69) is 16.8 Å². The second-order valence-electron chi connectivity index (χ2n) is 8.38. The molecule has 1 aromatic rings. The van der Waals surface area contributed by atoms with Gasteiger partial charge in [-0.05, 0) is 63.5 Å². The van der Waals surface area contributed by atoms with Crippen LogP contribution in [0.25, 0.3) is 0 Å². The molecule has 1 aromatic carbocycles. The molecule has 1 amide bonds. The second-order valence-corrected chi connectivity index (χ2v) is 8.76. The molecule has 2 heterocycles. The van der Waals surface area contributed by atoms with Crippen LogP contribution in [0.2, 0.25) is 5.02 Å². The fraction of sp³-hybridized carbons (Fsp3) is 0.667. The summed E-state index contributed by atoms with van der Waals surface area (Å²) in [6, 6.07) is 3.80. The molecule has 0 spiro atoms. The standard InChI is InChI=1S/C21H32ClN3O3/c1-16-11-18(12-17(2)20(16)22)28-15-21(27)5-4-6-24(14-21)13-19(26)25-9-7-23(3)8-10-25/h11-12,27H,4-10,13-15H2,1-3H3. The van der Waals surface area contributed by atoms with Gasteiger partial charge in [0.15, 0.2) is 0 Å². The molecule has 2 aliphatic rings. The van der Waals surface area contributed by atoms with Crippen LogP contribution in [-0.2, 0) is 4.79 Å². The fourth-order valence-electron chi connectivity index (χ4n) is 4.01. The minimum absolute atomic E-state index is 0.155.